The highest BCUT2D eigenvalue weighted by Gasteiger charge is 2.16. The molecule has 0 spiro atoms. The van der Waals surface area contributed by atoms with Crippen molar-refractivity contribution in [2.75, 3.05) is 6.61 Å². The Morgan fingerprint density at radius 2 is 1.70 bits per heavy atom. The van der Waals surface area contributed by atoms with Crippen molar-refractivity contribution in [3.63, 3.8) is 0 Å². The van der Waals surface area contributed by atoms with Crippen molar-refractivity contribution in [3.05, 3.63) is 29.8 Å². The lowest BCUT2D eigenvalue weighted by Gasteiger charge is -2.21. The van der Waals surface area contributed by atoms with Crippen LogP contribution >= 0.6 is 0 Å². The van der Waals surface area contributed by atoms with Crippen molar-refractivity contribution in [1.29, 1.82) is 0 Å². The fraction of sp³-hybridized carbons (Fsp3) is 0.556. The molecule has 128 valence electrons. The second kappa shape index (κ2) is 9.18. The summed E-state index contributed by atoms with van der Waals surface area (Å²) in [5.74, 6) is -0.271. The van der Waals surface area contributed by atoms with Crippen LogP contribution in [0.1, 0.15) is 50.9 Å². The largest absolute Gasteiger partial charge is 0.548 e. The second-order valence-electron chi connectivity index (χ2n) is 6.53. The minimum atomic E-state index is -1.26. The van der Waals surface area contributed by atoms with Gasteiger partial charge < -0.3 is 20.0 Å². The first-order valence-corrected chi connectivity index (χ1v) is 8.04. The SMILES string of the molecule is CC(C)CCOc1ccc(C(=O)N[C@@H](CC(C)C)C(=O)[O-])cc1. The maximum atomic E-state index is 12.1. The van der Waals surface area contributed by atoms with E-state index >= 15 is 0 Å². The highest BCUT2D eigenvalue weighted by atomic mass is 16.5. The Morgan fingerprint density at radius 1 is 1.09 bits per heavy atom. The van der Waals surface area contributed by atoms with Crippen molar-refractivity contribution in [2.45, 2.75) is 46.6 Å². The number of hydrogen-bond acceptors (Lipinski definition) is 4. The van der Waals surface area contributed by atoms with E-state index in [-0.39, 0.29) is 5.92 Å². The zero-order chi connectivity index (χ0) is 17.4. The fourth-order valence-corrected chi connectivity index (χ4v) is 2.04. The van der Waals surface area contributed by atoms with Gasteiger partial charge in [-0.15, -0.1) is 0 Å². The van der Waals surface area contributed by atoms with Crippen LogP contribution in [-0.4, -0.2) is 24.5 Å². The first-order chi connectivity index (χ1) is 10.8. The van der Waals surface area contributed by atoms with E-state index in [4.69, 9.17) is 4.74 Å². The van der Waals surface area contributed by atoms with Crippen LogP contribution in [0.5, 0.6) is 5.75 Å². The van der Waals surface area contributed by atoms with Crippen LogP contribution in [0.3, 0.4) is 0 Å². The first-order valence-electron chi connectivity index (χ1n) is 8.04. The molecule has 0 heterocycles. The highest BCUT2D eigenvalue weighted by Crippen LogP contribution is 2.14. The number of carbonyl (C=O) groups excluding carboxylic acids is 2. The molecular formula is C18H26NO4-. The average molecular weight is 320 g/mol. The van der Waals surface area contributed by atoms with Gasteiger partial charge in [-0.1, -0.05) is 27.7 Å². The van der Waals surface area contributed by atoms with Gasteiger partial charge in [-0.2, -0.15) is 0 Å². The summed E-state index contributed by atoms with van der Waals surface area (Å²) in [6.07, 6.45) is 1.30. The molecule has 0 aliphatic rings. The van der Waals surface area contributed by atoms with Crippen LogP contribution in [0.4, 0.5) is 0 Å². The summed E-state index contributed by atoms with van der Waals surface area (Å²) in [5.41, 5.74) is 0.399. The Kier molecular flexibility index (Phi) is 7.59. The van der Waals surface area contributed by atoms with E-state index in [2.05, 4.69) is 19.2 Å². The molecule has 0 aliphatic heterocycles. The van der Waals surface area contributed by atoms with E-state index in [1.807, 2.05) is 13.8 Å². The molecule has 0 aliphatic carbocycles. The highest BCUT2D eigenvalue weighted by molar-refractivity contribution is 5.96. The van der Waals surface area contributed by atoms with Crippen LogP contribution in [0.2, 0.25) is 0 Å². The molecule has 0 fully saturated rings. The molecule has 1 rings (SSSR count). The van der Waals surface area contributed by atoms with E-state index in [9.17, 15) is 14.7 Å². The molecule has 0 bridgehead atoms. The van der Waals surface area contributed by atoms with E-state index in [1.54, 1.807) is 24.3 Å². The molecule has 0 saturated carbocycles. The Balaban J connectivity index is 2.60. The molecule has 23 heavy (non-hydrogen) atoms. The summed E-state index contributed by atoms with van der Waals surface area (Å²) in [5, 5.41) is 13.6. The third-order valence-electron chi connectivity index (χ3n) is 3.38. The van der Waals surface area contributed by atoms with Crippen LogP contribution < -0.4 is 15.2 Å². The van der Waals surface area contributed by atoms with Crippen molar-refractivity contribution < 1.29 is 19.4 Å². The van der Waals surface area contributed by atoms with Gasteiger partial charge in [-0.05, 0) is 48.9 Å². The Bertz CT molecular complexity index is 508. The van der Waals surface area contributed by atoms with Gasteiger partial charge in [0.25, 0.3) is 5.91 Å². The van der Waals surface area contributed by atoms with Gasteiger partial charge in [0.1, 0.15) is 5.75 Å². The number of carbonyl (C=O) groups is 2. The molecule has 1 aromatic carbocycles. The Labute approximate surface area is 138 Å². The lowest BCUT2D eigenvalue weighted by Crippen LogP contribution is -2.48. The summed E-state index contributed by atoms with van der Waals surface area (Å²) in [7, 11) is 0. The lowest BCUT2D eigenvalue weighted by atomic mass is 10.0. The number of ether oxygens (including phenoxy) is 1. The van der Waals surface area contributed by atoms with Gasteiger partial charge in [-0.25, -0.2) is 0 Å². The summed E-state index contributed by atoms with van der Waals surface area (Å²) in [6, 6.07) is 5.70. The number of nitrogens with one attached hydrogen (secondary N) is 1. The molecule has 0 radical (unpaired) electrons. The van der Waals surface area contributed by atoms with Crippen LogP contribution in [0.25, 0.3) is 0 Å². The van der Waals surface area contributed by atoms with Gasteiger partial charge >= 0.3 is 0 Å². The number of rotatable bonds is 9. The fourth-order valence-electron chi connectivity index (χ4n) is 2.04. The maximum Gasteiger partial charge on any atom is 0.251 e. The Hall–Kier alpha value is -2.04. The topological polar surface area (TPSA) is 78.5 Å². The van der Waals surface area contributed by atoms with Gasteiger partial charge in [0.05, 0.1) is 18.6 Å². The minimum absolute atomic E-state index is 0.148. The number of carboxylic acid groups (broad SMARTS) is 1. The van der Waals surface area contributed by atoms with Crippen LogP contribution in [0.15, 0.2) is 24.3 Å². The van der Waals surface area contributed by atoms with E-state index < -0.39 is 17.9 Å². The zero-order valence-electron chi connectivity index (χ0n) is 14.3. The summed E-state index contributed by atoms with van der Waals surface area (Å²) < 4.78 is 5.59. The predicted octanol–water partition coefficient (Wildman–Crippen LogP) is 2.01. The van der Waals surface area contributed by atoms with Gasteiger partial charge in [0, 0.05) is 5.56 Å². The van der Waals surface area contributed by atoms with Crippen LogP contribution in [-0.2, 0) is 4.79 Å². The minimum Gasteiger partial charge on any atom is -0.548 e. The average Bonchev–Trinajstić information content (AvgIpc) is 2.46. The number of amides is 1. The van der Waals surface area contributed by atoms with Gasteiger partial charge in [0.15, 0.2) is 0 Å². The number of hydrogen-bond donors (Lipinski definition) is 1. The van der Waals surface area contributed by atoms with Gasteiger partial charge in [-0.3, -0.25) is 4.79 Å². The number of benzene rings is 1. The molecule has 5 heteroatoms. The molecule has 0 aromatic heterocycles. The third kappa shape index (κ3) is 7.17. The van der Waals surface area contributed by atoms with Gasteiger partial charge in [0.2, 0.25) is 0 Å². The molecular weight excluding hydrogens is 294 g/mol. The summed E-state index contributed by atoms with van der Waals surface area (Å²) in [4.78, 5) is 23.2. The first kappa shape index (κ1) is 19.0. The van der Waals surface area contributed by atoms with Crippen molar-refractivity contribution in [3.8, 4) is 5.75 Å². The number of carboxylic acids is 1. The van der Waals surface area contributed by atoms with E-state index in [1.165, 1.54) is 0 Å². The quantitative estimate of drug-likeness (QED) is 0.755. The van der Waals surface area contributed by atoms with Crippen molar-refractivity contribution in [1.82, 2.24) is 5.32 Å². The predicted molar refractivity (Wildman–Crippen MR) is 87.1 cm³/mol. The summed E-state index contributed by atoms with van der Waals surface area (Å²) >= 11 is 0. The molecule has 5 nitrogen and oxygen atoms in total. The van der Waals surface area contributed by atoms with Crippen molar-refractivity contribution >= 4 is 11.9 Å². The van der Waals surface area contributed by atoms with E-state index in [0.717, 1.165) is 6.42 Å². The van der Waals surface area contributed by atoms with E-state index in [0.29, 0.717) is 30.3 Å². The second-order valence-corrected chi connectivity index (χ2v) is 6.53. The summed E-state index contributed by atoms with van der Waals surface area (Å²) in [6.45, 7) is 8.67. The van der Waals surface area contributed by atoms with Crippen molar-refractivity contribution in [2.24, 2.45) is 11.8 Å². The van der Waals surface area contributed by atoms with Crippen LogP contribution in [0, 0.1) is 11.8 Å². The lowest BCUT2D eigenvalue weighted by molar-refractivity contribution is -0.308. The number of aliphatic carboxylic acids is 1. The zero-order valence-corrected chi connectivity index (χ0v) is 14.3. The Morgan fingerprint density at radius 3 is 2.17 bits per heavy atom. The third-order valence-corrected chi connectivity index (χ3v) is 3.38. The monoisotopic (exact) mass is 320 g/mol. The molecule has 0 saturated heterocycles. The molecule has 1 N–H and O–H groups in total. The maximum absolute atomic E-state index is 12.1. The normalized spacial score (nSPS) is 12.3. The molecule has 1 aromatic rings. The smallest absolute Gasteiger partial charge is 0.251 e. The molecule has 1 atom stereocenters. The molecule has 1 amide bonds. The standard InChI is InChI=1S/C18H27NO4/c1-12(2)9-10-23-15-7-5-14(6-8-15)17(20)19-16(18(21)22)11-13(3)4/h5-8,12-13,16H,9-11H2,1-4H3,(H,19,20)(H,21,22)/p-1/t16-/m0/s1. The molecule has 0 unspecified atom stereocenters.